The average molecular weight is 266 g/mol. The van der Waals surface area contributed by atoms with Gasteiger partial charge in [-0.15, -0.1) is 0 Å². The second kappa shape index (κ2) is 5.62. The molecule has 0 saturated heterocycles. The minimum absolute atomic E-state index is 0.663. The monoisotopic (exact) mass is 266 g/mol. The molecule has 102 valence electrons. The van der Waals surface area contributed by atoms with Crippen LogP contribution in [0.3, 0.4) is 0 Å². The van der Waals surface area contributed by atoms with E-state index in [1.54, 1.807) is 0 Å². The number of rotatable bonds is 3. The molecule has 0 saturated carbocycles. The Balaban J connectivity index is 2.21. The summed E-state index contributed by atoms with van der Waals surface area (Å²) in [5.41, 5.74) is 11.6. The fourth-order valence-corrected chi connectivity index (χ4v) is 2.06. The van der Waals surface area contributed by atoms with E-state index in [9.17, 15) is 0 Å². The highest BCUT2D eigenvalue weighted by atomic mass is 15.1. The highest BCUT2D eigenvalue weighted by Gasteiger charge is 2.09. The quantitative estimate of drug-likeness (QED) is 0.927. The number of pyridine rings is 1. The lowest BCUT2D eigenvalue weighted by molar-refractivity contribution is 0.873. The number of benzene rings is 1. The zero-order valence-electron chi connectivity index (χ0n) is 12.0. The number of aromatic nitrogens is 1. The van der Waals surface area contributed by atoms with Crippen LogP contribution in [0.4, 0.5) is 11.4 Å². The van der Waals surface area contributed by atoms with Crippen LogP contribution in [0.5, 0.6) is 0 Å². The Bertz CT molecular complexity index is 653. The number of nitrogen functional groups attached to an aromatic ring is 1. The van der Waals surface area contributed by atoms with Gasteiger partial charge in [0.2, 0.25) is 0 Å². The first-order valence-electron chi connectivity index (χ1n) is 6.44. The predicted octanol–water partition coefficient (Wildman–Crippen LogP) is 2.79. The summed E-state index contributed by atoms with van der Waals surface area (Å²) in [6.07, 6.45) is 1.81. The van der Waals surface area contributed by atoms with E-state index in [1.807, 2.05) is 51.4 Å². The highest BCUT2D eigenvalue weighted by Crippen LogP contribution is 2.21. The van der Waals surface area contributed by atoms with E-state index in [0.717, 1.165) is 28.2 Å². The van der Waals surface area contributed by atoms with Gasteiger partial charge in [0.05, 0.1) is 23.9 Å². The van der Waals surface area contributed by atoms with Crippen LogP contribution in [0.15, 0.2) is 30.5 Å². The van der Waals surface area contributed by atoms with Gasteiger partial charge < -0.3 is 10.6 Å². The zero-order valence-corrected chi connectivity index (χ0v) is 12.0. The van der Waals surface area contributed by atoms with Crippen molar-refractivity contribution in [3.63, 3.8) is 0 Å². The lowest BCUT2D eigenvalue weighted by Crippen LogP contribution is -2.18. The summed E-state index contributed by atoms with van der Waals surface area (Å²) in [6, 6.07) is 9.62. The summed E-state index contributed by atoms with van der Waals surface area (Å²) in [7, 11) is 2.00. The number of nitriles is 1. The molecule has 0 spiro atoms. The number of hydrogen-bond acceptors (Lipinski definition) is 4. The van der Waals surface area contributed by atoms with Gasteiger partial charge in [0.25, 0.3) is 0 Å². The minimum atomic E-state index is 0.663. The first-order valence-corrected chi connectivity index (χ1v) is 6.44. The average Bonchev–Trinajstić information content (AvgIpc) is 2.48. The predicted molar refractivity (Wildman–Crippen MR) is 81.4 cm³/mol. The topological polar surface area (TPSA) is 65.9 Å². The molecule has 2 aromatic rings. The van der Waals surface area contributed by atoms with Crippen LogP contribution in [0.25, 0.3) is 0 Å². The van der Waals surface area contributed by atoms with Crippen LogP contribution >= 0.6 is 0 Å². The molecule has 0 bridgehead atoms. The van der Waals surface area contributed by atoms with Crippen molar-refractivity contribution in [1.82, 2.24) is 4.98 Å². The van der Waals surface area contributed by atoms with E-state index >= 15 is 0 Å². The van der Waals surface area contributed by atoms with E-state index in [0.29, 0.717) is 12.1 Å². The van der Waals surface area contributed by atoms with Crippen molar-refractivity contribution >= 4 is 11.4 Å². The molecule has 4 heteroatoms. The normalized spacial score (nSPS) is 10.1. The third-order valence-electron chi connectivity index (χ3n) is 3.50. The van der Waals surface area contributed by atoms with E-state index in [1.165, 1.54) is 0 Å². The number of anilines is 2. The Kier molecular flexibility index (Phi) is 3.90. The second-order valence-electron chi connectivity index (χ2n) is 4.94. The summed E-state index contributed by atoms with van der Waals surface area (Å²) in [4.78, 5) is 6.55. The maximum atomic E-state index is 8.81. The first kappa shape index (κ1) is 13.9. The number of hydrogen-bond donors (Lipinski definition) is 1. The molecule has 0 aliphatic rings. The Labute approximate surface area is 119 Å². The number of nitrogens with zero attached hydrogens (tertiary/aromatic N) is 3. The van der Waals surface area contributed by atoms with Crippen LogP contribution in [0.2, 0.25) is 0 Å². The summed E-state index contributed by atoms with van der Waals surface area (Å²) in [5, 5.41) is 8.81. The fourth-order valence-electron chi connectivity index (χ4n) is 2.06. The minimum Gasteiger partial charge on any atom is -0.398 e. The van der Waals surface area contributed by atoms with Gasteiger partial charge in [-0.2, -0.15) is 5.26 Å². The van der Waals surface area contributed by atoms with Crippen molar-refractivity contribution in [2.45, 2.75) is 20.4 Å². The molecule has 20 heavy (non-hydrogen) atoms. The van der Waals surface area contributed by atoms with Crippen LogP contribution in [-0.4, -0.2) is 12.0 Å². The van der Waals surface area contributed by atoms with Gasteiger partial charge in [0.15, 0.2) is 0 Å². The molecule has 4 nitrogen and oxygen atoms in total. The van der Waals surface area contributed by atoms with Gasteiger partial charge in [-0.05, 0) is 49.2 Å². The Hall–Kier alpha value is -2.54. The Morgan fingerprint density at radius 3 is 2.50 bits per heavy atom. The smallest absolute Gasteiger partial charge is 0.0991 e. The van der Waals surface area contributed by atoms with Crippen molar-refractivity contribution in [2.75, 3.05) is 17.7 Å². The van der Waals surface area contributed by atoms with Crippen molar-refractivity contribution in [3.8, 4) is 6.07 Å². The lowest BCUT2D eigenvalue weighted by Gasteiger charge is -2.20. The molecular weight excluding hydrogens is 248 g/mol. The van der Waals surface area contributed by atoms with Gasteiger partial charge in [-0.3, -0.25) is 4.98 Å². The molecule has 1 heterocycles. The maximum absolute atomic E-state index is 8.81. The van der Waals surface area contributed by atoms with Crippen LogP contribution < -0.4 is 10.6 Å². The molecule has 0 radical (unpaired) electrons. The van der Waals surface area contributed by atoms with Crippen LogP contribution in [0, 0.1) is 25.2 Å². The molecule has 1 aromatic heterocycles. The SMILES string of the molecule is Cc1cnc(CN(C)c2ccc(C#N)cc2)c(C)c1N. The summed E-state index contributed by atoms with van der Waals surface area (Å²) < 4.78 is 0. The second-order valence-corrected chi connectivity index (χ2v) is 4.94. The third kappa shape index (κ3) is 2.72. The van der Waals surface area contributed by atoms with E-state index in [4.69, 9.17) is 11.0 Å². The van der Waals surface area contributed by atoms with Crippen molar-refractivity contribution in [2.24, 2.45) is 0 Å². The molecule has 0 fully saturated rings. The fraction of sp³-hybridized carbons (Fsp3) is 0.250. The zero-order chi connectivity index (χ0) is 14.7. The van der Waals surface area contributed by atoms with Crippen molar-refractivity contribution < 1.29 is 0 Å². The van der Waals surface area contributed by atoms with E-state index < -0.39 is 0 Å². The van der Waals surface area contributed by atoms with Gasteiger partial charge in [-0.1, -0.05) is 0 Å². The van der Waals surface area contributed by atoms with Crippen LogP contribution in [0.1, 0.15) is 22.4 Å². The largest absolute Gasteiger partial charge is 0.398 e. The molecule has 0 aliphatic heterocycles. The molecule has 0 aliphatic carbocycles. The van der Waals surface area contributed by atoms with Gasteiger partial charge in [0.1, 0.15) is 0 Å². The molecule has 0 amide bonds. The highest BCUT2D eigenvalue weighted by molar-refractivity contribution is 5.55. The third-order valence-corrected chi connectivity index (χ3v) is 3.50. The summed E-state index contributed by atoms with van der Waals surface area (Å²) >= 11 is 0. The maximum Gasteiger partial charge on any atom is 0.0991 e. The van der Waals surface area contributed by atoms with E-state index in [2.05, 4.69) is 16.0 Å². The number of nitrogens with two attached hydrogens (primary N) is 1. The lowest BCUT2D eigenvalue weighted by atomic mass is 10.1. The van der Waals surface area contributed by atoms with Gasteiger partial charge in [-0.25, -0.2) is 0 Å². The standard InChI is InChI=1S/C16H18N4/c1-11-9-19-15(12(2)16(11)18)10-20(3)14-6-4-13(8-17)5-7-14/h4-7,9H,10H2,1-3H3,(H2,18,19). The molecule has 0 atom stereocenters. The molecule has 2 rings (SSSR count). The molecule has 2 N–H and O–H groups in total. The molecular formula is C16H18N4. The van der Waals surface area contributed by atoms with Gasteiger partial charge >= 0.3 is 0 Å². The molecule has 1 aromatic carbocycles. The Morgan fingerprint density at radius 1 is 1.25 bits per heavy atom. The summed E-state index contributed by atoms with van der Waals surface area (Å²) in [6.45, 7) is 4.64. The van der Waals surface area contributed by atoms with E-state index in [-0.39, 0.29) is 0 Å². The summed E-state index contributed by atoms with van der Waals surface area (Å²) in [5.74, 6) is 0. The van der Waals surface area contributed by atoms with Crippen molar-refractivity contribution in [1.29, 1.82) is 5.26 Å². The number of aryl methyl sites for hydroxylation is 1. The first-order chi connectivity index (χ1) is 9.52. The molecule has 0 unspecified atom stereocenters. The van der Waals surface area contributed by atoms with Crippen molar-refractivity contribution in [3.05, 3.63) is 52.8 Å². The van der Waals surface area contributed by atoms with Crippen LogP contribution in [-0.2, 0) is 6.54 Å². The Morgan fingerprint density at radius 2 is 1.90 bits per heavy atom. The van der Waals surface area contributed by atoms with Gasteiger partial charge in [0, 0.05) is 24.6 Å².